The van der Waals surface area contributed by atoms with Gasteiger partial charge in [0, 0.05) is 18.4 Å². The number of hydrogen-bond acceptors (Lipinski definition) is 5. The van der Waals surface area contributed by atoms with Crippen LogP contribution in [-0.4, -0.2) is 33.8 Å². The smallest absolute Gasteiger partial charge is 0.330 e. The molecule has 3 unspecified atom stereocenters. The van der Waals surface area contributed by atoms with Gasteiger partial charge in [0.25, 0.3) is 5.56 Å². The summed E-state index contributed by atoms with van der Waals surface area (Å²) in [6.07, 6.45) is 1.78. The van der Waals surface area contributed by atoms with Gasteiger partial charge >= 0.3 is 13.3 Å². The molecule has 0 bridgehead atoms. The molecule has 2 N–H and O–H groups in total. The highest BCUT2D eigenvalue weighted by Gasteiger charge is 2.29. The lowest BCUT2D eigenvalue weighted by molar-refractivity contribution is -0.0213. The molecule has 1 aliphatic heterocycles. The van der Waals surface area contributed by atoms with Crippen molar-refractivity contribution in [2.24, 2.45) is 0 Å². The third-order valence-corrected chi connectivity index (χ3v) is 3.67. The molecular weight excluding hydrogens is 287 g/mol. The summed E-state index contributed by atoms with van der Waals surface area (Å²) in [5, 5.41) is 0. The summed E-state index contributed by atoms with van der Waals surface area (Å²) >= 11 is 0. The predicted molar refractivity (Wildman–Crippen MR) is 70.9 cm³/mol. The number of nitrogens with zero attached hydrogens (tertiary/aromatic N) is 1. The van der Waals surface area contributed by atoms with E-state index in [4.69, 9.17) is 14.2 Å². The van der Waals surface area contributed by atoms with Crippen molar-refractivity contribution in [1.29, 1.82) is 0 Å². The molecule has 0 saturated carbocycles. The van der Waals surface area contributed by atoms with Crippen LogP contribution in [0.5, 0.6) is 0 Å². The summed E-state index contributed by atoms with van der Waals surface area (Å²) in [6.45, 7) is 2.70. The maximum atomic E-state index is 11.7. The second-order valence-corrected chi connectivity index (χ2v) is 6.73. The van der Waals surface area contributed by atoms with Gasteiger partial charge in [-0.2, -0.15) is 0 Å². The Hall–Kier alpha value is -1.21. The molecule has 0 amide bonds. The average Bonchev–Trinajstić information content (AvgIpc) is 2.79. The van der Waals surface area contributed by atoms with Gasteiger partial charge in [-0.25, -0.2) is 4.79 Å². The molecule has 8 nitrogen and oxygen atoms in total. The average molecular weight is 304 g/mol. The summed E-state index contributed by atoms with van der Waals surface area (Å²) in [4.78, 5) is 34.3. The fraction of sp³-hybridized carbons (Fsp3) is 0.636. The van der Waals surface area contributed by atoms with Crippen molar-refractivity contribution in [3.8, 4) is 0 Å². The number of nitrogens with one attached hydrogen (secondary N) is 1. The first-order chi connectivity index (χ1) is 9.26. The molecule has 9 heteroatoms. The van der Waals surface area contributed by atoms with Crippen molar-refractivity contribution in [3.63, 3.8) is 0 Å². The SMILES string of the molecule is Cc1cn(C2CCC(COP(C)(=O)O)O2)c(=O)[nH]c1=O. The molecule has 0 aromatic carbocycles. The van der Waals surface area contributed by atoms with Crippen molar-refractivity contribution < 1.29 is 18.7 Å². The molecule has 20 heavy (non-hydrogen) atoms. The minimum atomic E-state index is -3.53. The zero-order chi connectivity index (χ0) is 14.9. The van der Waals surface area contributed by atoms with Gasteiger partial charge in [-0.05, 0) is 19.8 Å². The Morgan fingerprint density at radius 2 is 2.25 bits per heavy atom. The van der Waals surface area contributed by atoms with Crippen molar-refractivity contribution in [3.05, 3.63) is 32.6 Å². The number of aryl methyl sites for hydroxylation is 1. The van der Waals surface area contributed by atoms with Crippen molar-refractivity contribution in [2.75, 3.05) is 13.3 Å². The quantitative estimate of drug-likeness (QED) is 0.777. The van der Waals surface area contributed by atoms with Crippen LogP contribution in [0.1, 0.15) is 24.6 Å². The zero-order valence-electron chi connectivity index (χ0n) is 11.2. The van der Waals surface area contributed by atoms with Crippen LogP contribution < -0.4 is 11.2 Å². The molecule has 0 aliphatic carbocycles. The van der Waals surface area contributed by atoms with Crippen molar-refractivity contribution in [1.82, 2.24) is 9.55 Å². The highest BCUT2D eigenvalue weighted by atomic mass is 31.2. The van der Waals surface area contributed by atoms with Crippen molar-refractivity contribution in [2.45, 2.75) is 32.1 Å². The van der Waals surface area contributed by atoms with Gasteiger partial charge < -0.3 is 14.2 Å². The van der Waals surface area contributed by atoms with E-state index in [0.717, 1.165) is 6.66 Å². The van der Waals surface area contributed by atoms with Gasteiger partial charge in [-0.1, -0.05) is 0 Å². The van der Waals surface area contributed by atoms with E-state index in [1.54, 1.807) is 6.92 Å². The molecule has 1 saturated heterocycles. The van der Waals surface area contributed by atoms with Crippen molar-refractivity contribution >= 4 is 7.60 Å². The van der Waals surface area contributed by atoms with Gasteiger partial charge in [0.1, 0.15) is 6.23 Å². The molecule has 1 aliphatic rings. The Morgan fingerprint density at radius 3 is 2.90 bits per heavy atom. The Labute approximate surface area is 114 Å². The Kier molecular flexibility index (Phi) is 4.29. The van der Waals surface area contributed by atoms with Gasteiger partial charge in [-0.3, -0.25) is 18.9 Å². The monoisotopic (exact) mass is 304 g/mol. The van der Waals surface area contributed by atoms with Crippen LogP contribution in [0.2, 0.25) is 0 Å². The van der Waals surface area contributed by atoms with Crippen LogP contribution in [0.15, 0.2) is 15.8 Å². The highest BCUT2D eigenvalue weighted by molar-refractivity contribution is 7.51. The van der Waals surface area contributed by atoms with Crippen LogP contribution in [0.4, 0.5) is 0 Å². The first-order valence-electron chi connectivity index (χ1n) is 6.18. The molecule has 0 spiro atoms. The lowest BCUT2D eigenvalue weighted by Gasteiger charge is -2.16. The van der Waals surface area contributed by atoms with Crippen LogP contribution in [0.3, 0.4) is 0 Å². The molecular formula is C11H17N2O6P. The maximum Gasteiger partial charge on any atom is 0.330 e. The summed E-state index contributed by atoms with van der Waals surface area (Å²) in [5.74, 6) is 0. The van der Waals surface area contributed by atoms with Crippen LogP contribution in [0.25, 0.3) is 0 Å². The summed E-state index contributed by atoms with van der Waals surface area (Å²) in [6, 6.07) is 0. The second kappa shape index (κ2) is 5.65. The topological polar surface area (TPSA) is 111 Å². The first-order valence-corrected chi connectivity index (χ1v) is 8.21. The van der Waals surface area contributed by atoms with Crippen LogP contribution in [-0.2, 0) is 13.8 Å². The summed E-state index contributed by atoms with van der Waals surface area (Å²) in [7, 11) is -3.53. The normalized spacial score (nSPS) is 25.6. The highest BCUT2D eigenvalue weighted by Crippen LogP contribution is 2.38. The molecule has 1 aromatic rings. The molecule has 1 aromatic heterocycles. The van der Waals surface area contributed by atoms with Gasteiger partial charge in [-0.15, -0.1) is 0 Å². The Morgan fingerprint density at radius 1 is 1.55 bits per heavy atom. The zero-order valence-corrected chi connectivity index (χ0v) is 12.1. The number of ether oxygens (including phenoxy) is 1. The lowest BCUT2D eigenvalue weighted by atomic mass is 10.2. The number of H-pyrrole nitrogens is 1. The largest absolute Gasteiger partial charge is 0.352 e. The van der Waals surface area contributed by atoms with Gasteiger partial charge in [0.05, 0.1) is 12.7 Å². The fourth-order valence-corrected chi connectivity index (χ4v) is 2.48. The molecule has 1 fully saturated rings. The third-order valence-electron chi connectivity index (χ3n) is 3.04. The number of aromatic amines is 1. The maximum absolute atomic E-state index is 11.7. The second-order valence-electron chi connectivity index (χ2n) is 4.87. The van der Waals surface area contributed by atoms with E-state index in [1.165, 1.54) is 10.8 Å². The van der Waals surface area contributed by atoms with Gasteiger partial charge in [0.15, 0.2) is 0 Å². The number of aromatic nitrogens is 2. The molecule has 0 radical (unpaired) electrons. The molecule has 112 valence electrons. The summed E-state index contributed by atoms with van der Waals surface area (Å²) in [5.41, 5.74) is -0.534. The van der Waals surface area contributed by atoms with E-state index in [1.807, 2.05) is 0 Å². The van der Waals surface area contributed by atoms with E-state index in [0.29, 0.717) is 18.4 Å². The first kappa shape index (κ1) is 15.2. The third kappa shape index (κ3) is 3.67. The van der Waals surface area contributed by atoms with E-state index < -0.39 is 25.1 Å². The van der Waals surface area contributed by atoms with Crippen LogP contribution in [0, 0.1) is 6.92 Å². The van der Waals surface area contributed by atoms with E-state index in [2.05, 4.69) is 4.98 Å². The predicted octanol–water partition coefficient (Wildman–Crippen LogP) is 0.354. The van der Waals surface area contributed by atoms with E-state index in [9.17, 15) is 14.2 Å². The number of rotatable bonds is 4. The molecule has 2 rings (SSSR count). The number of hydrogen-bond donors (Lipinski definition) is 2. The van der Waals surface area contributed by atoms with Gasteiger partial charge in [0.2, 0.25) is 0 Å². The standard InChI is InChI=1S/C11H17N2O6P/c1-7-5-13(11(15)12-10(7)14)9-4-3-8(19-9)6-18-20(2,16)17/h5,8-9H,3-4,6H2,1-2H3,(H,16,17)(H,12,14,15). The molecule has 3 atom stereocenters. The Balaban J connectivity index is 2.06. The van der Waals surface area contributed by atoms with E-state index >= 15 is 0 Å². The van der Waals surface area contributed by atoms with Crippen LogP contribution >= 0.6 is 7.60 Å². The summed E-state index contributed by atoms with van der Waals surface area (Å²) < 4.78 is 22.8. The van der Waals surface area contributed by atoms with E-state index in [-0.39, 0.29) is 12.7 Å². The minimum Gasteiger partial charge on any atom is -0.352 e. The fourth-order valence-electron chi connectivity index (χ4n) is 2.04. The lowest BCUT2D eigenvalue weighted by Crippen LogP contribution is -2.33. The Bertz CT molecular complexity index is 645. The minimum absolute atomic E-state index is 0.00212. The molecule has 2 heterocycles.